The predicted molar refractivity (Wildman–Crippen MR) is 122 cm³/mol. The summed E-state index contributed by atoms with van der Waals surface area (Å²) in [6.45, 7) is 0. The van der Waals surface area contributed by atoms with E-state index in [1.165, 1.54) is 6.20 Å². The van der Waals surface area contributed by atoms with Gasteiger partial charge in [-0.15, -0.1) is 0 Å². The van der Waals surface area contributed by atoms with Crippen molar-refractivity contribution in [3.05, 3.63) is 89.2 Å². The van der Waals surface area contributed by atoms with Gasteiger partial charge in [-0.05, 0) is 35.1 Å². The van der Waals surface area contributed by atoms with E-state index in [9.17, 15) is 9.90 Å². The molecular formula is C25H21ClN4O2. The SMILES string of the molecule is Cn1ncc(-c2ccc(-c3ccc(C4(C(=O)O)CC4)cc3)cc2)c1Cc1cncc(Cl)n1. The van der Waals surface area contributed by atoms with E-state index in [-0.39, 0.29) is 0 Å². The molecule has 0 saturated heterocycles. The topological polar surface area (TPSA) is 80.9 Å². The van der Waals surface area contributed by atoms with Crippen molar-refractivity contribution in [1.82, 2.24) is 19.7 Å². The quantitative estimate of drug-likeness (QED) is 0.457. The van der Waals surface area contributed by atoms with Crippen LogP contribution in [0.4, 0.5) is 0 Å². The number of carbonyl (C=O) groups is 1. The van der Waals surface area contributed by atoms with Crippen molar-refractivity contribution in [1.29, 1.82) is 0 Å². The van der Waals surface area contributed by atoms with E-state index in [0.717, 1.165) is 39.2 Å². The van der Waals surface area contributed by atoms with Crippen LogP contribution in [-0.2, 0) is 23.7 Å². The van der Waals surface area contributed by atoms with Gasteiger partial charge in [0.05, 0.1) is 29.2 Å². The molecule has 2 heterocycles. The zero-order valence-corrected chi connectivity index (χ0v) is 18.3. The van der Waals surface area contributed by atoms with Gasteiger partial charge >= 0.3 is 5.97 Å². The molecule has 2 aromatic carbocycles. The summed E-state index contributed by atoms with van der Waals surface area (Å²) < 4.78 is 1.85. The summed E-state index contributed by atoms with van der Waals surface area (Å²) in [5, 5.41) is 14.3. The van der Waals surface area contributed by atoms with Gasteiger partial charge in [-0.25, -0.2) is 4.98 Å². The average molecular weight is 445 g/mol. The first kappa shape index (κ1) is 20.4. The first-order valence-electron chi connectivity index (χ1n) is 10.4. The number of aliphatic carboxylic acids is 1. The van der Waals surface area contributed by atoms with Crippen molar-refractivity contribution in [3.8, 4) is 22.3 Å². The Bertz CT molecular complexity index is 1290. The Balaban J connectivity index is 1.39. The summed E-state index contributed by atoms with van der Waals surface area (Å²) in [7, 11) is 1.91. The summed E-state index contributed by atoms with van der Waals surface area (Å²) >= 11 is 5.99. The number of aryl methyl sites for hydroxylation is 1. The van der Waals surface area contributed by atoms with Crippen LogP contribution in [0.15, 0.2) is 67.1 Å². The van der Waals surface area contributed by atoms with Crippen molar-refractivity contribution in [2.24, 2.45) is 7.05 Å². The molecule has 1 N–H and O–H groups in total. The maximum atomic E-state index is 11.6. The maximum absolute atomic E-state index is 11.6. The van der Waals surface area contributed by atoms with Gasteiger partial charge in [-0.1, -0.05) is 60.1 Å². The van der Waals surface area contributed by atoms with Gasteiger partial charge in [0.2, 0.25) is 0 Å². The number of carboxylic acids is 1. The Morgan fingerprint density at radius 1 is 1.00 bits per heavy atom. The third kappa shape index (κ3) is 3.67. The number of hydrogen-bond donors (Lipinski definition) is 1. The second-order valence-corrected chi connectivity index (χ2v) is 8.57. The Hall–Kier alpha value is -3.51. The molecule has 6 nitrogen and oxygen atoms in total. The highest BCUT2D eigenvalue weighted by molar-refractivity contribution is 6.29. The predicted octanol–water partition coefficient (Wildman–Crippen LogP) is 4.90. The lowest BCUT2D eigenvalue weighted by molar-refractivity contribution is -0.140. The molecule has 4 aromatic rings. The molecule has 2 aromatic heterocycles. The Kier molecular flexibility index (Phi) is 5.02. The van der Waals surface area contributed by atoms with Crippen LogP contribution in [0.2, 0.25) is 5.15 Å². The molecule has 1 aliphatic carbocycles. The Labute approximate surface area is 190 Å². The standard InChI is InChI=1S/C25H21ClN4O2/c1-30-22(12-20-13-27-15-23(26)29-20)21(14-28-30)18-4-2-16(3-5-18)17-6-8-19(9-7-17)25(10-11-25)24(31)32/h2-9,13-15H,10-12H2,1H3,(H,31,32). The third-order valence-corrected chi connectivity index (χ3v) is 6.37. The number of nitrogens with zero attached hydrogens (tertiary/aromatic N) is 4. The number of hydrogen-bond acceptors (Lipinski definition) is 4. The number of carboxylic acid groups (broad SMARTS) is 1. The molecule has 0 atom stereocenters. The van der Waals surface area contributed by atoms with Crippen LogP contribution in [0, 0.1) is 0 Å². The van der Waals surface area contributed by atoms with Gasteiger partial charge in [0.1, 0.15) is 5.15 Å². The summed E-state index contributed by atoms with van der Waals surface area (Å²) in [5.74, 6) is -0.731. The van der Waals surface area contributed by atoms with E-state index < -0.39 is 11.4 Å². The van der Waals surface area contributed by atoms with Gasteiger partial charge < -0.3 is 5.11 Å². The number of benzene rings is 2. The molecule has 1 fully saturated rings. The molecule has 1 aliphatic rings. The van der Waals surface area contributed by atoms with E-state index >= 15 is 0 Å². The minimum absolute atomic E-state index is 0.373. The van der Waals surface area contributed by atoms with Crippen LogP contribution in [-0.4, -0.2) is 30.8 Å². The minimum Gasteiger partial charge on any atom is -0.481 e. The molecule has 0 amide bonds. The highest BCUT2D eigenvalue weighted by Crippen LogP contribution is 2.48. The van der Waals surface area contributed by atoms with Gasteiger partial charge in [0.25, 0.3) is 0 Å². The zero-order chi connectivity index (χ0) is 22.3. The number of rotatable bonds is 6. The summed E-state index contributed by atoms with van der Waals surface area (Å²) in [6, 6.07) is 16.2. The van der Waals surface area contributed by atoms with Crippen LogP contribution in [0.5, 0.6) is 0 Å². The molecule has 0 aliphatic heterocycles. The second kappa shape index (κ2) is 7.88. The number of aromatic nitrogens is 4. The van der Waals surface area contributed by atoms with Crippen LogP contribution in [0.3, 0.4) is 0 Å². The summed E-state index contributed by atoms with van der Waals surface area (Å²) in [4.78, 5) is 20.0. The number of halogens is 1. The smallest absolute Gasteiger partial charge is 0.314 e. The van der Waals surface area contributed by atoms with Crippen LogP contribution >= 0.6 is 11.6 Å². The molecule has 0 unspecified atom stereocenters. The molecular weight excluding hydrogens is 424 g/mol. The second-order valence-electron chi connectivity index (χ2n) is 8.18. The lowest BCUT2D eigenvalue weighted by atomic mass is 9.93. The van der Waals surface area contributed by atoms with Crippen LogP contribution in [0.25, 0.3) is 22.3 Å². The molecule has 5 rings (SSSR count). The molecule has 0 radical (unpaired) electrons. The molecule has 0 bridgehead atoms. The summed E-state index contributed by atoms with van der Waals surface area (Å²) in [5.41, 5.74) is 6.26. The van der Waals surface area contributed by atoms with Crippen molar-refractivity contribution in [2.75, 3.05) is 0 Å². The van der Waals surface area contributed by atoms with Crippen LogP contribution in [0.1, 0.15) is 29.8 Å². The molecule has 32 heavy (non-hydrogen) atoms. The lowest BCUT2D eigenvalue weighted by Crippen LogP contribution is -2.19. The van der Waals surface area contributed by atoms with Crippen molar-refractivity contribution in [2.45, 2.75) is 24.7 Å². The van der Waals surface area contributed by atoms with Crippen molar-refractivity contribution < 1.29 is 9.90 Å². The van der Waals surface area contributed by atoms with E-state index in [2.05, 4.69) is 39.3 Å². The van der Waals surface area contributed by atoms with E-state index in [4.69, 9.17) is 11.6 Å². The molecule has 7 heteroatoms. The highest BCUT2D eigenvalue weighted by Gasteiger charge is 2.51. The average Bonchev–Trinajstić information content (AvgIpc) is 3.54. The first-order valence-corrected chi connectivity index (χ1v) is 10.8. The van der Waals surface area contributed by atoms with Crippen molar-refractivity contribution >= 4 is 17.6 Å². The third-order valence-electron chi connectivity index (χ3n) is 6.19. The Morgan fingerprint density at radius 3 is 2.22 bits per heavy atom. The van der Waals surface area contributed by atoms with Gasteiger partial charge in [-0.3, -0.25) is 14.5 Å². The van der Waals surface area contributed by atoms with E-state index in [1.807, 2.05) is 42.2 Å². The normalized spacial score (nSPS) is 14.3. The Morgan fingerprint density at radius 2 is 1.62 bits per heavy atom. The lowest BCUT2D eigenvalue weighted by Gasteiger charge is -2.11. The zero-order valence-electron chi connectivity index (χ0n) is 17.5. The van der Waals surface area contributed by atoms with Crippen molar-refractivity contribution in [3.63, 3.8) is 0 Å². The fraction of sp³-hybridized carbons (Fsp3) is 0.200. The van der Waals surface area contributed by atoms with Gasteiger partial charge in [0.15, 0.2) is 0 Å². The molecule has 0 spiro atoms. The summed E-state index contributed by atoms with van der Waals surface area (Å²) in [6.07, 6.45) is 7.10. The minimum atomic E-state index is -0.731. The van der Waals surface area contributed by atoms with Gasteiger partial charge in [-0.2, -0.15) is 5.10 Å². The first-order chi connectivity index (χ1) is 15.5. The fourth-order valence-electron chi connectivity index (χ4n) is 4.13. The van der Waals surface area contributed by atoms with E-state index in [1.54, 1.807) is 6.20 Å². The molecule has 160 valence electrons. The monoisotopic (exact) mass is 444 g/mol. The van der Waals surface area contributed by atoms with Gasteiger partial charge in [0, 0.05) is 25.2 Å². The van der Waals surface area contributed by atoms with Crippen LogP contribution < -0.4 is 0 Å². The largest absolute Gasteiger partial charge is 0.481 e. The highest BCUT2D eigenvalue weighted by atomic mass is 35.5. The maximum Gasteiger partial charge on any atom is 0.314 e. The molecule has 1 saturated carbocycles. The van der Waals surface area contributed by atoms with E-state index in [0.29, 0.717) is 24.4 Å². The fourth-order valence-corrected chi connectivity index (χ4v) is 4.29.